The van der Waals surface area contributed by atoms with Gasteiger partial charge in [-0.1, -0.05) is 18.2 Å². The number of hydrogen-bond acceptors (Lipinski definition) is 3. The van der Waals surface area contributed by atoms with Crippen molar-refractivity contribution in [2.75, 3.05) is 19.8 Å². The Kier molecular flexibility index (Phi) is 9.95. The van der Waals surface area contributed by atoms with Crippen molar-refractivity contribution in [2.24, 2.45) is 5.92 Å². The van der Waals surface area contributed by atoms with Crippen molar-refractivity contribution in [1.29, 1.82) is 0 Å². The third-order valence-corrected chi connectivity index (χ3v) is 7.92. The van der Waals surface area contributed by atoms with Crippen LogP contribution in [-0.4, -0.2) is 25.9 Å². The number of benzene rings is 2. The Morgan fingerprint density at radius 2 is 1.51 bits per heavy atom. The van der Waals surface area contributed by atoms with E-state index in [2.05, 4.69) is 6.58 Å². The van der Waals surface area contributed by atoms with E-state index in [4.69, 9.17) is 14.2 Å². The summed E-state index contributed by atoms with van der Waals surface area (Å²) >= 11 is 0. The molecule has 202 valence electrons. The van der Waals surface area contributed by atoms with Gasteiger partial charge in [-0.25, -0.2) is 8.78 Å². The summed E-state index contributed by atoms with van der Waals surface area (Å²) in [6.45, 7) is 7.13. The van der Waals surface area contributed by atoms with Crippen LogP contribution in [0, 0.1) is 23.4 Å². The molecule has 2 aliphatic carbocycles. The van der Waals surface area contributed by atoms with Crippen LogP contribution in [0.3, 0.4) is 0 Å². The molecule has 0 radical (unpaired) electrons. The van der Waals surface area contributed by atoms with Crippen molar-refractivity contribution in [3.63, 3.8) is 0 Å². The van der Waals surface area contributed by atoms with Crippen LogP contribution in [0.5, 0.6) is 11.5 Å². The molecule has 0 unspecified atom stereocenters. The molecule has 3 nitrogen and oxygen atoms in total. The van der Waals surface area contributed by atoms with E-state index in [1.165, 1.54) is 6.07 Å². The van der Waals surface area contributed by atoms with Crippen molar-refractivity contribution < 1.29 is 27.4 Å². The second-order valence-electron chi connectivity index (χ2n) is 10.3. The van der Waals surface area contributed by atoms with E-state index in [1.54, 1.807) is 18.2 Å². The molecule has 6 heteroatoms. The molecule has 37 heavy (non-hydrogen) atoms. The van der Waals surface area contributed by atoms with Crippen LogP contribution in [0.1, 0.15) is 87.7 Å². The highest BCUT2D eigenvalue weighted by atomic mass is 19.2. The lowest BCUT2D eigenvalue weighted by Crippen LogP contribution is -2.22. The minimum absolute atomic E-state index is 0.0173. The van der Waals surface area contributed by atoms with Crippen molar-refractivity contribution in [2.45, 2.75) is 82.7 Å². The average Bonchev–Trinajstić information content (AvgIpc) is 2.91. The van der Waals surface area contributed by atoms with E-state index in [0.717, 1.165) is 56.9 Å². The SMILES string of the molecule is C=CCCOc1ccc(C2CCC(COc3ccc(C4CCC(OCC)CC4)c(F)c3F)CC2)c(F)c1. The largest absolute Gasteiger partial charge is 0.493 e. The van der Waals surface area contributed by atoms with Gasteiger partial charge in [0.15, 0.2) is 11.6 Å². The number of hydrogen-bond donors (Lipinski definition) is 0. The number of rotatable bonds is 11. The highest BCUT2D eigenvalue weighted by Gasteiger charge is 2.28. The highest BCUT2D eigenvalue weighted by Crippen LogP contribution is 2.39. The number of ether oxygens (including phenoxy) is 3. The summed E-state index contributed by atoms with van der Waals surface area (Å²) in [5, 5.41) is 0. The second-order valence-corrected chi connectivity index (χ2v) is 10.3. The first-order chi connectivity index (χ1) is 18.0. The Morgan fingerprint density at radius 3 is 2.19 bits per heavy atom. The van der Waals surface area contributed by atoms with E-state index >= 15 is 0 Å². The lowest BCUT2D eigenvalue weighted by Gasteiger charge is -2.30. The summed E-state index contributed by atoms with van der Waals surface area (Å²) in [7, 11) is 0. The van der Waals surface area contributed by atoms with Crippen molar-refractivity contribution in [3.05, 3.63) is 71.6 Å². The normalized spacial score (nSPS) is 24.0. The Labute approximate surface area is 219 Å². The molecule has 2 fully saturated rings. The van der Waals surface area contributed by atoms with Gasteiger partial charge in [-0.3, -0.25) is 0 Å². The van der Waals surface area contributed by atoms with Gasteiger partial charge in [0.2, 0.25) is 5.82 Å². The van der Waals surface area contributed by atoms with E-state index in [-0.39, 0.29) is 35.4 Å². The maximum Gasteiger partial charge on any atom is 0.200 e. The monoisotopic (exact) mass is 516 g/mol. The first-order valence-corrected chi connectivity index (χ1v) is 13.8. The van der Waals surface area contributed by atoms with Crippen LogP contribution >= 0.6 is 0 Å². The molecule has 0 atom stereocenters. The summed E-state index contributed by atoms with van der Waals surface area (Å²) in [6.07, 6.45) is 9.43. The van der Waals surface area contributed by atoms with Gasteiger partial charge in [-0.2, -0.15) is 4.39 Å². The third-order valence-electron chi connectivity index (χ3n) is 7.92. The molecule has 0 bridgehead atoms. The highest BCUT2D eigenvalue weighted by molar-refractivity contribution is 5.34. The molecular formula is C31H39F3O3. The standard InChI is InChI=1S/C31H39F3O3/c1-3-5-18-36-25-14-15-26(28(32)19-25)22-8-6-21(7-9-22)20-37-29-17-16-27(30(33)31(29)34)23-10-12-24(13-11-23)35-4-2/h3,14-17,19,21-24H,1,4-13,18,20H2,2H3. The molecule has 0 amide bonds. The Morgan fingerprint density at radius 1 is 0.838 bits per heavy atom. The maximum absolute atomic E-state index is 14.9. The topological polar surface area (TPSA) is 27.7 Å². The summed E-state index contributed by atoms with van der Waals surface area (Å²) in [4.78, 5) is 0. The first kappa shape index (κ1) is 27.6. The zero-order valence-electron chi connectivity index (χ0n) is 21.8. The summed E-state index contributed by atoms with van der Waals surface area (Å²) in [6, 6.07) is 8.36. The fourth-order valence-corrected chi connectivity index (χ4v) is 5.79. The Hall–Kier alpha value is -2.47. The van der Waals surface area contributed by atoms with Gasteiger partial charge >= 0.3 is 0 Å². The van der Waals surface area contributed by atoms with Gasteiger partial charge in [0.25, 0.3) is 0 Å². The lowest BCUT2D eigenvalue weighted by atomic mass is 9.79. The molecule has 2 saturated carbocycles. The average molecular weight is 517 g/mol. The Bertz CT molecular complexity index is 1020. The van der Waals surface area contributed by atoms with Gasteiger partial charge in [0.1, 0.15) is 11.6 Å². The molecule has 0 spiro atoms. The predicted octanol–water partition coefficient (Wildman–Crippen LogP) is 8.47. The zero-order chi connectivity index (χ0) is 26.2. The predicted molar refractivity (Wildman–Crippen MR) is 140 cm³/mol. The minimum Gasteiger partial charge on any atom is -0.493 e. The van der Waals surface area contributed by atoms with Crippen LogP contribution in [0.4, 0.5) is 13.2 Å². The van der Waals surface area contributed by atoms with Crippen molar-refractivity contribution >= 4 is 0 Å². The van der Waals surface area contributed by atoms with Crippen LogP contribution in [0.25, 0.3) is 0 Å². The van der Waals surface area contributed by atoms with E-state index in [9.17, 15) is 13.2 Å². The van der Waals surface area contributed by atoms with Gasteiger partial charge < -0.3 is 14.2 Å². The van der Waals surface area contributed by atoms with Crippen LogP contribution in [-0.2, 0) is 4.74 Å². The maximum atomic E-state index is 14.9. The second kappa shape index (κ2) is 13.4. The van der Waals surface area contributed by atoms with E-state index in [1.807, 2.05) is 19.1 Å². The lowest BCUT2D eigenvalue weighted by molar-refractivity contribution is 0.0325. The van der Waals surface area contributed by atoms with Gasteiger partial charge in [-0.15, -0.1) is 6.58 Å². The van der Waals surface area contributed by atoms with E-state index in [0.29, 0.717) is 37.6 Å². The van der Waals surface area contributed by atoms with Crippen molar-refractivity contribution in [3.8, 4) is 11.5 Å². The quantitative estimate of drug-likeness (QED) is 0.221. The van der Waals surface area contributed by atoms with Crippen LogP contribution < -0.4 is 9.47 Å². The zero-order valence-corrected chi connectivity index (χ0v) is 21.8. The summed E-state index contributed by atoms with van der Waals surface area (Å²) in [5.41, 5.74) is 1.16. The molecule has 0 aliphatic heterocycles. The van der Waals surface area contributed by atoms with Crippen molar-refractivity contribution in [1.82, 2.24) is 0 Å². The molecule has 0 N–H and O–H groups in total. The van der Waals surface area contributed by atoms with Crippen LogP contribution in [0.15, 0.2) is 43.0 Å². The fraction of sp³-hybridized carbons (Fsp3) is 0.548. The molecule has 2 aromatic rings. The summed E-state index contributed by atoms with van der Waals surface area (Å²) < 4.78 is 61.4. The smallest absolute Gasteiger partial charge is 0.200 e. The van der Waals surface area contributed by atoms with Gasteiger partial charge in [-0.05, 0) is 106 Å². The minimum atomic E-state index is -0.893. The molecule has 4 rings (SSSR count). The third kappa shape index (κ3) is 7.10. The molecule has 0 heterocycles. The molecule has 0 aromatic heterocycles. The molecular weight excluding hydrogens is 477 g/mol. The molecule has 2 aliphatic rings. The van der Waals surface area contributed by atoms with E-state index < -0.39 is 11.6 Å². The summed E-state index contributed by atoms with van der Waals surface area (Å²) in [5.74, 6) is -1.01. The first-order valence-electron chi connectivity index (χ1n) is 13.8. The van der Waals surface area contributed by atoms with Gasteiger partial charge in [0.05, 0.1) is 19.3 Å². The van der Waals surface area contributed by atoms with Crippen LogP contribution in [0.2, 0.25) is 0 Å². The molecule has 0 saturated heterocycles. The Balaban J connectivity index is 1.26. The van der Waals surface area contributed by atoms with Gasteiger partial charge in [0, 0.05) is 12.7 Å². The fourth-order valence-electron chi connectivity index (χ4n) is 5.79. The number of halogens is 3. The molecule has 2 aromatic carbocycles.